The van der Waals surface area contributed by atoms with Crippen molar-refractivity contribution in [2.45, 2.75) is 25.8 Å². The zero-order valence-corrected chi connectivity index (χ0v) is 15.2. The van der Waals surface area contributed by atoms with Crippen LogP contribution in [-0.2, 0) is 6.54 Å². The summed E-state index contributed by atoms with van der Waals surface area (Å²) in [6.45, 7) is 3.76. The number of hydrogen-bond donors (Lipinski definition) is 0. The summed E-state index contributed by atoms with van der Waals surface area (Å²) in [4.78, 5) is 16.5. The lowest BCUT2D eigenvalue weighted by Gasteiger charge is -2.34. The third-order valence-electron chi connectivity index (χ3n) is 5.97. The molecule has 0 saturated carbocycles. The van der Waals surface area contributed by atoms with Crippen LogP contribution in [0.2, 0.25) is 0 Å². The van der Waals surface area contributed by atoms with E-state index in [-0.39, 0.29) is 5.91 Å². The third kappa shape index (κ3) is 3.90. The van der Waals surface area contributed by atoms with E-state index in [1.165, 1.54) is 6.26 Å². The molecule has 27 heavy (non-hydrogen) atoms. The molecule has 0 bridgehead atoms. The first-order valence-corrected chi connectivity index (χ1v) is 9.60. The highest BCUT2D eigenvalue weighted by molar-refractivity contribution is 5.91. The van der Waals surface area contributed by atoms with Crippen LogP contribution in [0.15, 0.2) is 41.0 Å². The van der Waals surface area contributed by atoms with E-state index in [1.54, 1.807) is 24.3 Å². The molecule has 1 amide bonds. The lowest BCUT2D eigenvalue weighted by atomic mass is 9.83. The van der Waals surface area contributed by atoms with Gasteiger partial charge < -0.3 is 9.32 Å². The molecule has 0 aliphatic carbocycles. The van der Waals surface area contributed by atoms with Gasteiger partial charge in [0.05, 0.1) is 6.26 Å². The maximum atomic E-state index is 13.9. The minimum atomic E-state index is -0.783. The fraction of sp³-hybridized carbons (Fsp3) is 0.476. The molecule has 0 N–H and O–H groups in total. The predicted octanol–water partition coefficient (Wildman–Crippen LogP) is 3.93. The number of amides is 1. The Balaban J connectivity index is 1.28. The fourth-order valence-corrected chi connectivity index (χ4v) is 4.41. The van der Waals surface area contributed by atoms with Crippen LogP contribution in [0.5, 0.6) is 0 Å². The van der Waals surface area contributed by atoms with Crippen molar-refractivity contribution in [1.82, 2.24) is 9.80 Å². The molecule has 3 heterocycles. The summed E-state index contributed by atoms with van der Waals surface area (Å²) in [7, 11) is 0. The topological polar surface area (TPSA) is 36.7 Å². The fourth-order valence-electron chi connectivity index (χ4n) is 4.41. The SMILES string of the molecule is O=C(c1ccco1)N1CC[C@H](C2CCN(Cc3cccc(F)c3F)CC2)C1. The average Bonchev–Trinajstić information content (AvgIpc) is 3.38. The standard InChI is InChI=1S/C21H24F2N2O2/c22-18-4-1-3-17(20(18)23)13-24-9-6-15(7-10-24)16-8-11-25(14-16)21(26)19-5-2-12-27-19/h1-5,12,15-16H,6-11,13-14H2/t16-/m0/s1. The van der Waals surface area contributed by atoms with E-state index in [0.29, 0.717) is 29.7 Å². The van der Waals surface area contributed by atoms with Crippen LogP contribution in [0, 0.1) is 23.5 Å². The Bertz CT molecular complexity index is 785. The summed E-state index contributed by atoms with van der Waals surface area (Å²) in [5, 5.41) is 0. The highest BCUT2D eigenvalue weighted by Crippen LogP contribution is 2.33. The lowest BCUT2D eigenvalue weighted by molar-refractivity contribution is 0.0741. The monoisotopic (exact) mass is 374 g/mol. The number of nitrogens with zero attached hydrogens (tertiary/aromatic N) is 2. The molecule has 0 spiro atoms. The van der Waals surface area contributed by atoms with E-state index in [1.807, 2.05) is 4.90 Å². The molecular formula is C21H24F2N2O2. The number of hydrogen-bond acceptors (Lipinski definition) is 3. The van der Waals surface area contributed by atoms with Gasteiger partial charge in [-0.15, -0.1) is 0 Å². The van der Waals surface area contributed by atoms with Crippen molar-refractivity contribution in [2.75, 3.05) is 26.2 Å². The van der Waals surface area contributed by atoms with Gasteiger partial charge in [-0.05, 0) is 62.4 Å². The highest BCUT2D eigenvalue weighted by Gasteiger charge is 2.34. The molecule has 2 aromatic rings. The minimum absolute atomic E-state index is 0.0264. The molecule has 6 heteroatoms. The van der Waals surface area contributed by atoms with Crippen LogP contribution in [0.25, 0.3) is 0 Å². The normalized spacial score (nSPS) is 21.7. The van der Waals surface area contributed by atoms with Crippen LogP contribution in [0.1, 0.15) is 35.4 Å². The first-order valence-electron chi connectivity index (χ1n) is 9.60. The van der Waals surface area contributed by atoms with Crippen molar-refractivity contribution >= 4 is 5.91 Å². The van der Waals surface area contributed by atoms with E-state index in [0.717, 1.165) is 51.5 Å². The predicted molar refractivity (Wildman–Crippen MR) is 97.1 cm³/mol. The maximum absolute atomic E-state index is 13.9. The second kappa shape index (κ2) is 7.80. The molecule has 2 fully saturated rings. The molecule has 2 saturated heterocycles. The summed E-state index contributed by atoms with van der Waals surface area (Å²) < 4.78 is 32.5. The molecule has 1 aromatic carbocycles. The Labute approximate surface area is 157 Å². The molecular weight excluding hydrogens is 350 g/mol. The van der Waals surface area contributed by atoms with Gasteiger partial charge in [0.15, 0.2) is 17.4 Å². The summed E-state index contributed by atoms with van der Waals surface area (Å²) in [6, 6.07) is 7.81. The summed E-state index contributed by atoms with van der Waals surface area (Å²) >= 11 is 0. The molecule has 4 nitrogen and oxygen atoms in total. The summed E-state index contributed by atoms with van der Waals surface area (Å²) in [6.07, 6.45) is 4.61. The smallest absolute Gasteiger partial charge is 0.289 e. The van der Waals surface area contributed by atoms with Crippen LogP contribution in [0.4, 0.5) is 8.78 Å². The number of halogens is 2. The number of rotatable bonds is 4. The van der Waals surface area contributed by atoms with Gasteiger partial charge in [0.1, 0.15) is 0 Å². The Kier molecular flexibility index (Phi) is 5.25. The minimum Gasteiger partial charge on any atom is -0.459 e. The second-order valence-electron chi connectivity index (χ2n) is 7.60. The van der Waals surface area contributed by atoms with Crippen molar-refractivity contribution in [3.63, 3.8) is 0 Å². The van der Waals surface area contributed by atoms with Crippen LogP contribution >= 0.6 is 0 Å². The van der Waals surface area contributed by atoms with Gasteiger partial charge in [-0.25, -0.2) is 8.78 Å². The van der Waals surface area contributed by atoms with Gasteiger partial charge in [-0.1, -0.05) is 12.1 Å². The Morgan fingerprint density at radius 3 is 2.56 bits per heavy atom. The van der Waals surface area contributed by atoms with Crippen molar-refractivity contribution in [1.29, 1.82) is 0 Å². The molecule has 2 aliphatic heterocycles. The number of carbonyl (C=O) groups excluding carboxylic acids is 1. The number of benzene rings is 1. The molecule has 144 valence electrons. The average molecular weight is 374 g/mol. The van der Waals surface area contributed by atoms with Crippen molar-refractivity contribution in [3.8, 4) is 0 Å². The van der Waals surface area contributed by atoms with Gasteiger partial charge in [0, 0.05) is 25.2 Å². The Hall–Kier alpha value is -2.21. The quantitative estimate of drug-likeness (QED) is 0.814. The van der Waals surface area contributed by atoms with Gasteiger partial charge in [-0.2, -0.15) is 0 Å². The summed E-state index contributed by atoms with van der Waals surface area (Å²) in [5.41, 5.74) is 0.421. The molecule has 0 radical (unpaired) electrons. The summed E-state index contributed by atoms with van der Waals surface area (Å²) in [5.74, 6) is -0.0498. The molecule has 2 aliphatic rings. The van der Waals surface area contributed by atoms with E-state index >= 15 is 0 Å². The first kappa shape index (κ1) is 18.2. The molecule has 0 unspecified atom stereocenters. The van der Waals surface area contributed by atoms with Crippen molar-refractivity contribution in [2.24, 2.45) is 11.8 Å². The van der Waals surface area contributed by atoms with Crippen molar-refractivity contribution < 1.29 is 18.0 Å². The second-order valence-corrected chi connectivity index (χ2v) is 7.60. The molecule has 1 aromatic heterocycles. The number of piperidine rings is 1. The molecule has 4 rings (SSSR count). The number of furan rings is 1. The molecule has 1 atom stereocenters. The van der Waals surface area contributed by atoms with Gasteiger partial charge >= 0.3 is 0 Å². The van der Waals surface area contributed by atoms with E-state index in [4.69, 9.17) is 4.42 Å². The van der Waals surface area contributed by atoms with Gasteiger partial charge in [-0.3, -0.25) is 9.69 Å². The number of carbonyl (C=O) groups is 1. The Morgan fingerprint density at radius 2 is 1.81 bits per heavy atom. The zero-order chi connectivity index (χ0) is 18.8. The largest absolute Gasteiger partial charge is 0.459 e. The van der Waals surface area contributed by atoms with Gasteiger partial charge in [0.2, 0.25) is 0 Å². The maximum Gasteiger partial charge on any atom is 0.289 e. The van der Waals surface area contributed by atoms with Crippen molar-refractivity contribution in [3.05, 3.63) is 59.6 Å². The van der Waals surface area contributed by atoms with Gasteiger partial charge in [0.25, 0.3) is 5.91 Å². The highest BCUT2D eigenvalue weighted by atomic mass is 19.2. The van der Waals surface area contributed by atoms with E-state index in [2.05, 4.69) is 4.90 Å². The van der Waals surface area contributed by atoms with Crippen LogP contribution < -0.4 is 0 Å². The Morgan fingerprint density at radius 1 is 1.04 bits per heavy atom. The van der Waals surface area contributed by atoms with E-state index in [9.17, 15) is 13.6 Å². The van der Waals surface area contributed by atoms with E-state index < -0.39 is 11.6 Å². The first-order chi connectivity index (χ1) is 13.1. The van der Waals surface area contributed by atoms with Crippen LogP contribution in [0.3, 0.4) is 0 Å². The van der Waals surface area contributed by atoms with Crippen LogP contribution in [-0.4, -0.2) is 41.9 Å². The third-order valence-corrected chi connectivity index (χ3v) is 5.97. The lowest BCUT2D eigenvalue weighted by Crippen LogP contribution is -2.37. The zero-order valence-electron chi connectivity index (χ0n) is 15.2. The number of likely N-dealkylation sites (tertiary alicyclic amines) is 2.